The average Bonchev–Trinajstić information content (AvgIpc) is 2.73. The fourth-order valence-corrected chi connectivity index (χ4v) is 1.82. The van der Waals surface area contributed by atoms with Crippen molar-refractivity contribution in [2.24, 2.45) is 0 Å². The summed E-state index contributed by atoms with van der Waals surface area (Å²) in [6.07, 6.45) is 0.0565. The van der Waals surface area contributed by atoms with Crippen LogP contribution >= 0.6 is 0 Å². The number of esters is 2. The summed E-state index contributed by atoms with van der Waals surface area (Å²) in [7, 11) is 0. The fourth-order valence-electron chi connectivity index (χ4n) is 1.82. The Labute approximate surface area is 157 Å². The van der Waals surface area contributed by atoms with Crippen LogP contribution in [0.2, 0.25) is 0 Å². The molecule has 0 radical (unpaired) electrons. The summed E-state index contributed by atoms with van der Waals surface area (Å²) in [5.74, 6) is -0.805. The zero-order valence-electron chi connectivity index (χ0n) is 16.2. The van der Waals surface area contributed by atoms with E-state index in [-0.39, 0.29) is 26.1 Å². The van der Waals surface area contributed by atoms with E-state index < -0.39 is 11.9 Å². The van der Waals surface area contributed by atoms with Gasteiger partial charge in [0.05, 0.1) is 12.8 Å². The molecule has 0 saturated carbocycles. The van der Waals surface area contributed by atoms with Crippen molar-refractivity contribution in [1.82, 2.24) is 0 Å². The van der Waals surface area contributed by atoms with E-state index in [1.807, 2.05) is 88.4 Å². The SMILES string of the molecule is CC.CC.O=C(CCC(=O)OCc1ccccc1)OCc1ccccc1. The number of rotatable bonds is 7. The summed E-state index contributed by atoms with van der Waals surface area (Å²) >= 11 is 0. The fraction of sp³-hybridized carbons (Fsp3) is 0.364. The Morgan fingerprint density at radius 1 is 0.615 bits per heavy atom. The molecule has 0 saturated heterocycles. The number of carbonyl (C=O) groups is 2. The van der Waals surface area contributed by atoms with Gasteiger partial charge in [-0.1, -0.05) is 88.4 Å². The predicted molar refractivity (Wildman–Crippen MR) is 104 cm³/mol. The lowest BCUT2D eigenvalue weighted by atomic mass is 10.2. The molecule has 0 amide bonds. The van der Waals surface area contributed by atoms with Crippen molar-refractivity contribution in [2.45, 2.75) is 53.8 Å². The first kappa shape index (κ1) is 23.4. The minimum atomic E-state index is -0.402. The van der Waals surface area contributed by atoms with Crippen LogP contribution in [0.3, 0.4) is 0 Å². The molecule has 0 N–H and O–H groups in total. The van der Waals surface area contributed by atoms with Crippen LogP contribution in [0.1, 0.15) is 51.7 Å². The molecular formula is C22H30O4. The molecular weight excluding hydrogens is 328 g/mol. The predicted octanol–water partition coefficient (Wildman–Crippen LogP) is 5.31. The largest absolute Gasteiger partial charge is 0.461 e. The van der Waals surface area contributed by atoms with Gasteiger partial charge in [0.1, 0.15) is 13.2 Å². The van der Waals surface area contributed by atoms with Gasteiger partial charge in [-0.25, -0.2) is 0 Å². The van der Waals surface area contributed by atoms with Gasteiger partial charge in [0.2, 0.25) is 0 Å². The van der Waals surface area contributed by atoms with Crippen molar-refractivity contribution in [3.63, 3.8) is 0 Å². The van der Waals surface area contributed by atoms with Crippen LogP contribution in [-0.2, 0) is 32.3 Å². The summed E-state index contributed by atoms with van der Waals surface area (Å²) in [6.45, 7) is 8.44. The van der Waals surface area contributed by atoms with Crippen LogP contribution in [0.15, 0.2) is 60.7 Å². The summed E-state index contributed by atoms with van der Waals surface area (Å²) in [4.78, 5) is 23.1. The van der Waals surface area contributed by atoms with Gasteiger partial charge >= 0.3 is 11.9 Å². The summed E-state index contributed by atoms with van der Waals surface area (Å²) in [6, 6.07) is 18.8. The Hall–Kier alpha value is -2.62. The minimum Gasteiger partial charge on any atom is -0.461 e. The van der Waals surface area contributed by atoms with Gasteiger partial charge in [0, 0.05) is 0 Å². The topological polar surface area (TPSA) is 52.6 Å². The molecule has 2 aromatic rings. The number of benzene rings is 2. The normalized spacial score (nSPS) is 8.92. The molecule has 142 valence electrons. The van der Waals surface area contributed by atoms with Crippen LogP contribution < -0.4 is 0 Å². The van der Waals surface area contributed by atoms with E-state index in [0.29, 0.717) is 0 Å². The third kappa shape index (κ3) is 11.0. The molecule has 26 heavy (non-hydrogen) atoms. The van der Waals surface area contributed by atoms with Crippen molar-refractivity contribution in [1.29, 1.82) is 0 Å². The Bertz CT molecular complexity index is 539. The molecule has 0 atom stereocenters. The maximum absolute atomic E-state index is 11.6. The highest BCUT2D eigenvalue weighted by Gasteiger charge is 2.09. The Morgan fingerprint density at radius 2 is 0.923 bits per heavy atom. The van der Waals surface area contributed by atoms with E-state index in [1.54, 1.807) is 0 Å². The Morgan fingerprint density at radius 3 is 1.23 bits per heavy atom. The molecule has 0 unspecified atom stereocenters. The smallest absolute Gasteiger partial charge is 0.306 e. The molecule has 0 bridgehead atoms. The molecule has 2 aromatic carbocycles. The first-order valence-electron chi connectivity index (χ1n) is 9.13. The maximum atomic E-state index is 11.6. The number of hydrogen-bond acceptors (Lipinski definition) is 4. The molecule has 2 rings (SSSR count). The number of ether oxygens (including phenoxy) is 2. The minimum absolute atomic E-state index is 0.0282. The van der Waals surface area contributed by atoms with E-state index in [4.69, 9.17) is 9.47 Å². The van der Waals surface area contributed by atoms with Gasteiger partial charge < -0.3 is 9.47 Å². The zero-order valence-corrected chi connectivity index (χ0v) is 16.2. The van der Waals surface area contributed by atoms with Crippen molar-refractivity contribution in [3.05, 3.63) is 71.8 Å². The Kier molecular flexibility index (Phi) is 14.3. The maximum Gasteiger partial charge on any atom is 0.306 e. The molecule has 0 aliphatic rings. The van der Waals surface area contributed by atoms with Gasteiger partial charge in [-0.3, -0.25) is 9.59 Å². The van der Waals surface area contributed by atoms with Crippen LogP contribution in [0.5, 0.6) is 0 Å². The van der Waals surface area contributed by atoms with Crippen LogP contribution in [0.25, 0.3) is 0 Å². The lowest BCUT2D eigenvalue weighted by molar-refractivity contribution is -0.151. The van der Waals surface area contributed by atoms with Gasteiger partial charge in [-0.2, -0.15) is 0 Å². The molecule has 4 heteroatoms. The zero-order chi connectivity index (χ0) is 19.6. The molecule has 0 aliphatic carbocycles. The van der Waals surface area contributed by atoms with Gasteiger partial charge in [-0.05, 0) is 11.1 Å². The van der Waals surface area contributed by atoms with Crippen molar-refractivity contribution < 1.29 is 19.1 Å². The van der Waals surface area contributed by atoms with E-state index >= 15 is 0 Å². The van der Waals surface area contributed by atoms with Gasteiger partial charge in [0.25, 0.3) is 0 Å². The lowest BCUT2D eigenvalue weighted by Gasteiger charge is -2.06. The molecule has 0 fully saturated rings. The van der Waals surface area contributed by atoms with Crippen molar-refractivity contribution >= 4 is 11.9 Å². The van der Waals surface area contributed by atoms with E-state index in [9.17, 15) is 9.59 Å². The highest BCUT2D eigenvalue weighted by Crippen LogP contribution is 2.05. The second kappa shape index (κ2) is 15.9. The highest BCUT2D eigenvalue weighted by molar-refractivity contribution is 5.77. The van der Waals surface area contributed by atoms with E-state index in [2.05, 4.69) is 0 Å². The highest BCUT2D eigenvalue weighted by atomic mass is 16.5. The number of carbonyl (C=O) groups excluding carboxylic acids is 2. The van der Waals surface area contributed by atoms with E-state index in [0.717, 1.165) is 11.1 Å². The van der Waals surface area contributed by atoms with Crippen LogP contribution in [0, 0.1) is 0 Å². The van der Waals surface area contributed by atoms with Gasteiger partial charge in [-0.15, -0.1) is 0 Å². The van der Waals surface area contributed by atoms with E-state index in [1.165, 1.54) is 0 Å². The van der Waals surface area contributed by atoms with Crippen molar-refractivity contribution in [2.75, 3.05) is 0 Å². The summed E-state index contributed by atoms with van der Waals surface area (Å²) in [5, 5.41) is 0. The summed E-state index contributed by atoms with van der Waals surface area (Å²) in [5.41, 5.74) is 1.84. The quantitative estimate of drug-likeness (QED) is 0.630. The summed E-state index contributed by atoms with van der Waals surface area (Å²) < 4.78 is 10.2. The monoisotopic (exact) mass is 358 g/mol. The molecule has 0 aromatic heterocycles. The second-order valence-electron chi connectivity index (χ2n) is 4.79. The van der Waals surface area contributed by atoms with Crippen LogP contribution in [-0.4, -0.2) is 11.9 Å². The van der Waals surface area contributed by atoms with Gasteiger partial charge in [0.15, 0.2) is 0 Å². The van der Waals surface area contributed by atoms with Crippen LogP contribution in [0.4, 0.5) is 0 Å². The standard InChI is InChI=1S/C18H18O4.2C2H6/c19-17(21-13-15-7-3-1-4-8-15)11-12-18(20)22-14-16-9-5-2-6-10-16;2*1-2/h1-10H,11-14H2;2*1-2H3. The average molecular weight is 358 g/mol. The Balaban J connectivity index is 0.00000146. The second-order valence-corrected chi connectivity index (χ2v) is 4.79. The molecule has 0 spiro atoms. The first-order valence-corrected chi connectivity index (χ1v) is 9.13. The van der Waals surface area contributed by atoms with Crippen molar-refractivity contribution in [3.8, 4) is 0 Å². The lowest BCUT2D eigenvalue weighted by Crippen LogP contribution is -2.10. The number of hydrogen-bond donors (Lipinski definition) is 0. The molecule has 0 heterocycles. The third-order valence-electron chi connectivity index (χ3n) is 3.02. The first-order chi connectivity index (χ1) is 12.7. The molecule has 0 aliphatic heterocycles. The molecule has 4 nitrogen and oxygen atoms in total. The third-order valence-corrected chi connectivity index (χ3v) is 3.02.